The van der Waals surface area contributed by atoms with Crippen molar-refractivity contribution < 1.29 is 0 Å². The quantitative estimate of drug-likeness (QED) is 0.761. The first-order valence-electron chi connectivity index (χ1n) is 7.22. The number of H-pyrrole nitrogens is 1. The van der Waals surface area contributed by atoms with Crippen LogP contribution in [0.15, 0.2) is 60.8 Å². The van der Waals surface area contributed by atoms with E-state index in [1.54, 1.807) is 0 Å². The van der Waals surface area contributed by atoms with E-state index in [1.807, 2.05) is 0 Å². The molecule has 1 fully saturated rings. The van der Waals surface area contributed by atoms with Gasteiger partial charge in [0.05, 0.1) is 0 Å². The predicted octanol–water partition coefficient (Wildman–Crippen LogP) is 3.77. The topological polar surface area (TPSA) is 19.0 Å². The van der Waals surface area contributed by atoms with E-state index in [4.69, 9.17) is 0 Å². The molecule has 0 atom stereocenters. The molecule has 1 saturated heterocycles. The van der Waals surface area contributed by atoms with Crippen LogP contribution < -0.4 is 0 Å². The Kier molecular flexibility index (Phi) is 2.82. The van der Waals surface area contributed by atoms with Gasteiger partial charge in [-0.1, -0.05) is 48.5 Å². The number of aromatic amines is 1. The second-order valence-corrected chi connectivity index (χ2v) is 5.67. The van der Waals surface area contributed by atoms with Gasteiger partial charge in [0, 0.05) is 42.7 Å². The van der Waals surface area contributed by atoms with Crippen LogP contribution in [-0.4, -0.2) is 23.0 Å². The SMILES string of the molecule is c1ccc(CN2CC(c3c[nH]c4ccccc34)C2)cc1. The van der Waals surface area contributed by atoms with Crippen molar-refractivity contribution in [1.29, 1.82) is 0 Å². The Hall–Kier alpha value is -2.06. The molecule has 0 spiro atoms. The third-order valence-corrected chi connectivity index (χ3v) is 4.27. The minimum atomic E-state index is 0.676. The van der Waals surface area contributed by atoms with Gasteiger partial charge in [0.1, 0.15) is 0 Å². The van der Waals surface area contributed by atoms with Gasteiger partial charge in [-0.05, 0) is 17.2 Å². The van der Waals surface area contributed by atoms with Crippen molar-refractivity contribution in [2.75, 3.05) is 13.1 Å². The lowest BCUT2D eigenvalue weighted by atomic mass is 9.91. The molecular weight excluding hydrogens is 244 g/mol. The third-order valence-electron chi connectivity index (χ3n) is 4.27. The molecule has 0 amide bonds. The monoisotopic (exact) mass is 262 g/mol. The molecule has 2 nitrogen and oxygen atoms in total. The fourth-order valence-electron chi connectivity index (χ4n) is 3.17. The lowest BCUT2D eigenvalue weighted by molar-refractivity contribution is 0.140. The molecule has 0 aliphatic carbocycles. The van der Waals surface area contributed by atoms with Crippen molar-refractivity contribution in [2.24, 2.45) is 0 Å². The zero-order valence-corrected chi connectivity index (χ0v) is 11.4. The van der Waals surface area contributed by atoms with Gasteiger partial charge < -0.3 is 4.98 Å². The van der Waals surface area contributed by atoms with E-state index in [9.17, 15) is 0 Å². The lowest BCUT2D eigenvalue weighted by Crippen LogP contribution is -2.44. The molecular formula is C18H18N2. The van der Waals surface area contributed by atoms with Crippen molar-refractivity contribution in [3.63, 3.8) is 0 Å². The average molecular weight is 262 g/mol. The van der Waals surface area contributed by atoms with E-state index in [0.717, 1.165) is 19.6 Å². The molecule has 1 aliphatic rings. The standard InChI is InChI=1S/C18H18N2/c1-2-6-14(7-3-1)11-20-12-15(13-20)17-10-19-18-9-5-4-8-16(17)18/h1-10,15,19H,11-13H2. The molecule has 0 bridgehead atoms. The Balaban J connectivity index is 1.46. The first-order valence-corrected chi connectivity index (χ1v) is 7.22. The highest BCUT2D eigenvalue weighted by molar-refractivity contribution is 5.83. The minimum absolute atomic E-state index is 0.676. The van der Waals surface area contributed by atoms with Crippen molar-refractivity contribution in [1.82, 2.24) is 9.88 Å². The Morgan fingerprint density at radius 2 is 1.70 bits per heavy atom. The van der Waals surface area contributed by atoms with Crippen molar-refractivity contribution in [3.8, 4) is 0 Å². The van der Waals surface area contributed by atoms with Crippen LogP contribution in [0.4, 0.5) is 0 Å². The van der Waals surface area contributed by atoms with Crippen LogP contribution in [0.3, 0.4) is 0 Å². The molecule has 1 aromatic heterocycles. The summed E-state index contributed by atoms with van der Waals surface area (Å²) < 4.78 is 0. The summed E-state index contributed by atoms with van der Waals surface area (Å²) in [5.74, 6) is 0.676. The molecule has 1 N–H and O–H groups in total. The fraction of sp³-hybridized carbons (Fsp3) is 0.222. The Labute approximate surface area is 119 Å². The molecule has 3 aromatic rings. The highest BCUT2D eigenvalue weighted by atomic mass is 15.2. The lowest BCUT2D eigenvalue weighted by Gasteiger charge is -2.39. The summed E-state index contributed by atoms with van der Waals surface area (Å²) in [5, 5.41) is 1.39. The summed E-state index contributed by atoms with van der Waals surface area (Å²) in [5.41, 5.74) is 4.14. The van der Waals surface area contributed by atoms with Crippen molar-refractivity contribution in [3.05, 3.63) is 71.9 Å². The first kappa shape index (κ1) is 11.7. The van der Waals surface area contributed by atoms with Gasteiger partial charge in [0.25, 0.3) is 0 Å². The maximum atomic E-state index is 3.38. The Morgan fingerprint density at radius 1 is 0.950 bits per heavy atom. The fourth-order valence-corrected chi connectivity index (χ4v) is 3.17. The Morgan fingerprint density at radius 3 is 2.55 bits per heavy atom. The predicted molar refractivity (Wildman–Crippen MR) is 82.8 cm³/mol. The summed E-state index contributed by atoms with van der Waals surface area (Å²) >= 11 is 0. The molecule has 20 heavy (non-hydrogen) atoms. The van der Waals surface area contributed by atoms with Gasteiger partial charge in [-0.15, -0.1) is 0 Å². The number of hydrogen-bond acceptors (Lipinski definition) is 1. The minimum Gasteiger partial charge on any atom is -0.361 e. The van der Waals surface area contributed by atoms with Crippen molar-refractivity contribution >= 4 is 10.9 Å². The molecule has 0 radical (unpaired) electrons. The summed E-state index contributed by atoms with van der Waals surface area (Å²) in [6, 6.07) is 19.3. The highest BCUT2D eigenvalue weighted by Gasteiger charge is 2.29. The van der Waals surface area contributed by atoms with Crippen LogP contribution in [0.1, 0.15) is 17.0 Å². The molecule has 4 rings (SSSR count). The average Bonchev–Trinajstić information content (AvgIpc) is 2.87. The smallest absolute Gasteiger partial charge is 0.0456 e. The molecule has 2 heterocycles. The number of benzene rings is 2. The van der Waals surface area contributed by atoms with E-state index >= 15 is 0 Å². The third kappa shape index (κ3) is 2.02. The van der Waals surface area contributed by atoms with E-state index in [-0.39, 0.29) is 0 Å². The number of nitrogens with zero attached hydrogens (tertiary/aromatic N) is 1. The van der Waals surface area contributed by atoms with Gasteiger partial charge in [-0.25, -0.2) is 0 Å². The van der Waals surface area contributed by atoms with Crippen LogP contribution in [0.2, 0.25) is 0 Å². The van der Waals surface area contributed by atoms with Gasteiger partial charge in [0.15, 0.2) is 0 Å². The number of para-hydroxylation sites is 1. The summed E-state index contributed by atoms with van der Waals surface area (Å²) in [6.07, 6.45) is 2.19. The van der Waals surface area contributed by atoms with E-state index in [2.05, 4.69) is 70.7 Å². The second kappa shape index (κ2) is 4.80. The molecule has 0 unspecified atom stereocenters. The largest absolute Gasteiger partial charge is 0.361 e. The molecule has 2 heteroatoms. The van der Waals surface area contributed by atoms with Crippen LogP contribution in [0.5, 0.6) is 0 Å². The molecule has 2 aromatic carbocycles. The maximum Gasteiger partial charge on any atom is 0.0456 e. The molecule has 0 saturated carbocycles. The molecule has 100 valence electrons. The summed E-state index contributed by atoms with van der Waals surface area (Å²) in [7, 11) is 0. The first-order chi connectivity index (χ1) is 9.90. The normalized spacial score (nSPS) is 16.4. The van der Waals surface area contributed by atoms with Crippen LogP contribution in [-0.2, 0) is 6.54 Å². The van der Waals surface area contributed by atoms with Gasteiger partial charge >= 0.3 is 0 Å². The number of fused-ring (bicyclic) bond motifs is 1. The number of hydrogen-bond donors (Lipinski definition) is 1. The van der Waals surface area contributed by atoms with Crippen molar-refractivity contribution in [2.45, 2.75) is 12.5 Å². The number of nitrogens with one attached hydrogen (secondary N) is 1. The van der Waals surface area contributed by atoms with Crippen LogP contribution >= 0.6 is 0 Å². The number of aromatic nitrogens is 1. The zero-order valence-electron chi connectivity index (χ0n) is 11.4. The number of rotatable bonds is 3. The van der Waals surface area contributed by atoms with Gasteiger partial charge in [-0.3, -0.25) is 4.90 Å². The summed E-state index contributed by atoms with van der Waals surface area (Å²) in [4.78, 5) is 5.90. The second-order valence-electron chi connectivity index (χ2n) is 5.67. The van der Waals surface area contributed by atoms with Crippen LogP contribution in [0.25, 0.3) is 10.9 Å². The van der Waals surface area contributed by atoms with Crippen LogP contribution in [0, 0.1) is 0 Å². The molecule has 1 aliphatic heterocycles. The number of likely N-dealkylation sites (tertiary alicyclic amines) is 1. The Bertz CT molecular complexity index is 708. The highest BCUT2D eigenvalue weighted by Crippen LogP contribution is 2.32. The summed E-state index contributed by atoms with van der Waals surface area (Å²) in [6.45, 7) is 3.40. The van der Waals surface area contributed by atoms with Gasteiger partial charge in [0.2, 0.25) is 0 Å². The van der Waals surface area contributed by atoms with E-state index < -0.39 is 0 Å². The zero-order chi connectivity index (χ0) is 13.4. The van der Waals surface area contributed by atoms with E-state index in [0.29, 0.717) is 5.92 Å². The van der Waals surface area contributed by atoms with E-state index in [1.165, 1.54) is 22.0 Å². The van der Waals surface area contributed by atoms with Gasteiger partial charge in [-0.2, -0.15) is 0 Å². The maximum absolute atomic E-state index is 3.38.